The molecule has 6 nitrogen and oxygen atoms in total. The molecule has 102 valence electrons. The lowest BCUT2D eigenvalue weighted by Crippen LogP contribution is -2.41. The highest BCUT2D eigenvalue weighted by Crippen LogP contribution is 2.34. The Morgan fingerprint density at radius 2 is 2.37 bits per heavy atom. The second-order valence-corrected chi connectivity index (χ2v) is 5.80. The number of nitrogens with one attached hydrogen (secondary N) is 2. The second kappa shape index (κ2) is 5.07. The summed E-state index contributed by atoms with van der Waals surface area (Å²) in [6.45, 7) is 0. The Bertz CT molecular complexity index is 511. The molecule has 2 fully saturated rings. The fourth-order valence-electron chi connectivity index (χ4n) is 2.76. The summed E-state index contributed by atoms with van der Waals surface area (Å²) >= 11 is 3.30. The monoisotopic (exact) mass is 326 g/mol. The molecule has 1 aromatic rings. The predicted molar refractivity (Wildman–Crippen MR) is 73.5 cm³/mol. The van der Waals surface area contributed by atoms with Gasteiger partial charge in [0, 0.05) is 10.7 Å². The molecule has 2 aliphatic rings. The minimum atomic E-state index is -0.178. The summed E-state index contributed by atoms with van der Waals surface area (Å²) in [5.41, 5.74) is 2.87. The molecule has 0 spiro atoms. The highest BCUT2D eigenvalue weighted by molar-refractivity contribution is 9.10. The van der Waals surface area contributed by atoms with Gasteiger partial charge in [-0.05, 0) is 41.3 Å². The van der Waals surface area contributed by atoms with Crippen molar-refractivity contribution in [2.75, 3.05) is 5.43 Å². The van der Waals surface area contributed by atoms with E-state index in [4.69, 9.17) is 10.6 Å². The van der Waals surface area contributed by atoms with E-state index in [1.165, 1.54) is 0 Å². The van der Waals surface area contributed by atoms with Gasteiger partial charge in [0.05, 0.1) is 23.8 Å². The summed E-state index contributed by atoms with van der Waals surface area (Å²) in [5.74, 6) is 5.56. The van der Waals surface area contributed by atoms with Crippen molar-refractivity contribution in [1.29, 1.82) is 0 Å². The number of hydrogen-bond donors (Lipinski definition) is 3. The number of anilines is 1. The van der Waals surface area contributed by atoms with Crippen LogP contribution in [0.25, 0.3) is 0 Å². The Kier molecular flexibility index (Phi) is 3.42. The van der Waals surface area contributed by atoms with Gasteiger partial charge in [0.15, 0.2) is 5.82 Å². The normalized spacial score (nSPS) is 28.4. The molecule has 0 saturated carbocycles. The maximum absolute atomic E-state index is 12.3. The number of hydrogen-bond acceptors (Lipinski definition) is 5. The topological polar surface area (TPSA) is 89.3 Å². The lowest BCUT2D eigenvalue weighted by Gasteiger charge is -2.20. The molecule has 0 radical (unpaired) electrons. The van der Waals surface area contributed by atoms with Crippen LogP contribution in [0, 0.1) is 0 Å². The second-order valence-electron chi connectivity index (χ2n) is 4.88. The number of halogens is 1. The largest absolute Gasteiger partial charge is 0.373 e. The number of hydrazine groups is 1. The minimum Gasteiger partial charge on any atom is -0.373 e. The fraction of sp³-hybridized carbons (Fsp3) is 0.500. The molecule has 19 heavy (non-hydrogen) atoms. The Hall–Kier alpha value is -1.18. The van der Waals surface area contributed by atoms with Crippen molar-refractivity contribution in [3.63, 3.8) is 0 Å². The van der Waals surface area contributed by atoms with Gasteiger partial charge in [-0.3, -0.25) is 4.79 Å². The van der Waals surface area contributed by atoms with Gasteiger partial charge in [-0.15, -0.1) is 0 Å². The number of nitrogens with zero attached hydrogens (tertiary/aromatic N) is 1. The minimum absolute atomic E-state index is 0.0934. The SMILES string of the molecule is NNc1ncc(Br)cc1C(=O)NC1CC2CCC1O2. The van der Waals surface area contributed by atoms with E-state index < -0.39 is 0 Å². The maximum atomic E-state index is 12.3. The molecule has 2 saturated heterocycles. The summed E-state index contributed by atoms with van der Waals surface area (Å²) in [6, 6.07) is 1.79. The molecule has 3 unspecified atom stereocenters. The number of ether oxygens (including phenoxy) is 1. The maximum Gasteiger partial charge on any atom is 0.255 e. The molecule has 1 amide bonds. The number of carbonyl (C=O) groups excluding carboxylic acids is 1. The van der Waals surface area contributed by atoms with Crippen molar-refractivity contribution in [1.82, 2.24) is 10.3 Å². The average Bonchev–Trinajstić information content (AvgIpc) is 3.01. The van der Waals surface area contributed by atoms with Gasteiger partial charge in [0.2, 0.25) is 0 Å². The first-order chi connectivity index (χ1) is 9.17. The third kappa shape index (κ3) is 2.45. The van der Waals surface area contributed by atoms with Crippen LogP contribution in [0.1, 0.15) is 29.6 Å². The van der Waals surface area contributed by atoms with Crippen LogP contribution in [-0.4, -0.2) is 29.1 Å². The van der Waals surface area contributed by atoms with Crippen molar-refractivity contribution in [2.45, 2.75) is 37.5 Å². The van der Waals surface area contributed by atoms with E-state index in [1.807, 2.05) is 0 Å². The number of aromatic nitrogens is 1. The summed E-state index contributed by atoms with van der Waals surface area (Å²) in [5, 5.41) is 3.01. The van der Waals surface area contributed by atoms with Crippen LogP contribution < -0.4 is 16.6 Å². The van der Waals surface area contributed by atoms with Gasteiger partial charge < -0.3 is 15.5 Å². The van der Waals surface area contributed by atoms with Crippen molar-refractivity contribution in [3.05, 3.63) is 22.3 Å². The van der Waals surface area contributed by atoms with Gasteiger partial charge in [0.25, 0.3) is 5.91 Å². The number of nitrogen functional groups attached to an aromatic ring is 1. The van der Waals surface area contributed by atoms with Gasteiger partial charge in [-0.1, -0.05) is 0 Å². The lowest BCUT2D eigenvalue weighted by molar-refractivity contribution is 0.0841. The number of pyridine rings is 1. The van der Waals surface area contributed by atoms with Gasteiger partial charge in [-0.2, -0.15) is 0 Å². The van der Waals surface area contributed by atoms with Gasteiger partial charge in [0.1, 0.15) is 0 Å². The Labute approximate surface area is 119 Å². The van der Waals surface area contributed by atoms with E-state index in [-0.39, 0.29) is 18.1 Å². The van der Waals surface area contributed by atoms with Crippen LogP contribution in [0.15, 0.2) is 16.7 Å². The standard InChI is InChI=1S/C12H15BrN4O2/c13-6-3-8(11(17-14)15-5-6)12(18)16-9-4-7-1-2-10(9)19-7/h3,5,7,9-10H,1-2,4,14H2,(H,15,17)(H,16,18). The summed E-state index contributed by atoms with van der Waals surface area (Å²) in [6.07, 6.45) is 5.07. The van der Waals surface area contributed by atoms with Crippen LogP contribution in [0.5, 0.6) is 0 Å². The third-order valence-corrected chi connectivity index (χ3v) is 4.09. The quantitative estimate of drug-likeness (QED) is 0.573. The lowest BCUT2D eigenvalue weighted by atomic mass is 9.95. The Morgan fingerprint density at radius 1 is 1.53 bits per heavy atom. The predicted octanol–water partition coefficient (Wildman–Crippen LogP) is 1.18. The van der Waals surface area contributed by atoms with Crippen LogP contribution in [0.3, 0.4) is 0 Å². The zero-order chi connectivity index (χ0) is 13.4. The number of amides is 1. The molecule has 4 N–H and O–H groups in total. The molecule has 1 aromatic heterocycles. The zero-order valence-corrected chi connectivity index (χ0v) is 11.8. The smallest absolute Gasteiger partial charge is 0.255 e. The molecular formula is C12H15BrN4O2. The third-order valence-electron chi connectivity index (χ3n) is 3.66. The first kappa shape index (κ1) is 12.8. The van der Waals surface area contributed by atoms with Gasteiger partial charge >= 0.3 is 0 Å². The highest BCUT2D eigenvalue weighted by Gasteiger charge is 2.41. The average molecular weight is 327 g/mol. The summed E-state index contributed by atoms with van der Waals surface area (Å²) in [7, 11) is 0. The molecular weight excluding hydrogens is 312 g/mol. The van der Waals surface area contributed by atoms with E-state index in [0.29, 0.717) is 17.5 Å². The van der Waals surface area contributed by atoms with Crippen LogP contribution in [0.4, 0.5) is 5.82 Å². The van der Waals surface area contributed by atoms with E-state index >= 15 is 0 Å². The van der Waals surface area contributed by atoms with Crippen LogP contribution >= 0.6 is 15.9 Å². The summed E-state index contributed by atoms with van der Waals surface area (Å²) in [4.78, 5) is 16.4. The number of nitrogens with two attached hydrogens (primary N) is 1. The molecule has 0 aromatic carbocycles. The molecule has 7 heteroatoms. The highest BCUT2D eigenvalue weighted by atomic mass is 79.9. The van der Waals surface area contributed by atoms with Crippen molar-refractivity contribution < 1.29 is 9.53 Å². The molecule has 3 atom stereocenters. The Morgan fingerprint density at radius 3 is 3.00 bits per heavy atom. The molecule has 2 aliphatic heterocycles. The Balaban J connectivity index is 1.75. The molecule has 3 rings (SSSR count). The molecule has 2 bridgehead atoms. The number of carbonyl (C=O) groups is 1. The van der Waals surface area contributed by atoms with E-state index in [9.17, 15) is 4.79 Å². The first-order valence-corrected chi connectivity index (χ1v) is 7.05. The van der Waals surface area contributed by atoms with Crippen molar-refractivity contribution in [3.8, 4) is 0 Å². The number of fused-ring (bicyclic) bond motifs is 2. The number of rotatable bonds is 3. The summed E-state index contributed by atoms with van der Waals surface area (Å²) < 4.78 is 6.46. The van der Waals surface area contributed by atoms with E-state index in [2.05, 4.69) is 31.7 Å². The first-order valence-electron chi connectivity index (χ1n) is 6.26. The molecule has 3 heterocycles. The zero-order valence-electron chi connectivity index (χ0n) is 10.2. The van der Waals surface area contributed by atoms with Crippen molar-refractivity contribution in [2.24, 2.45) is 5.84 Å². The van der Waals surface area contributed by atoms with Gasteiger partial charge in [-0.25, -0.2) is 10.8 Å². The van der Waals surface area contributed by atoms with E-state index in [1.54, 1.807) is 12.3 Å². The van der Waals surface area contributed by atoms with E-state index in [0.717, 1.165) is 23.7 Å². The fourth-order valence-corrected chi connectivity index (χ4v) is 3.09. The molecule has 0 aliphatic carbocycles. The van der Waals surface area contributed by atoms with Crippen molar-refractivity contribution >= 4 is 27.7 Å². The van der Waals surface area contributed by atoms with Crippen LogP contribution in [0.2, 0.25) is 0 Å². The van der Waals surface area contributed by atoms with Crippen LogP contribution in [-0.2, 0) is 4.74 Å².